The van der Waals surface area contributed by atoms with Gasteiger partial charge in [0.05, 0.1) is 22.5 Å². The SMILES string of the molecule is CCC(N1C(=O)c2cc(F)c(N(C)C)cc2N(C)C1(O)c1ccc(F)cc1F)n1cncn1. The largest absolute Gasteiger partial charge is 0.375 e. The Bertz CT molecular complexity index is 1200. The summed E-state index contributed by atoms with van der Waals surface area (Å²) in [5.74, 6) is -5.66. The van der Waals surface area contributed by atoms with E-state index in [9.17, 15) is 18.7 Å². The molecule has 2 atom stereocenters. The molecule has 0 aliphatic carbocycles. The number of benzene rings is 2. The van der Waals surface area contributed by atoms with Gasteiger partial charge in [-0.1, -0.05) is 6.92 Å². The first-order valence-corrected chi connectivity index (χ1v) is 10.2. The lowest BCUT2D eigenvalue weighted by Gasteiger charge is -2.52. The number of fused-ring (bicyclic) bond motifs is 1. The van der Waals surface area contributed by atoms with E-state index in [2.05, 4.69) is 10.1 Å². The van der Waals surface area contributed by atoms with Gasteiger partial charge in [-0.3, -0.25) is 9.69 Å². The Labute approximate surface area is 188 Å². The lowest BCUT2D eigenvalue weighted by molar-refractivity contribution is -0.132. The monoisotopic (exact) mass is 460 g/mol. The van der Waals surface area contributed by atoms with E-state index in [4.69, 9.17) is 0 Å². The summed E-state index contributed by atoms with van der Waals surface area (Å²) in [4.78, 5) is 21.5. The van der Waals surface area contributed by atoms with Crippen LogP contribution in [0.4, 0.5) is 24.5 Å². The van der Waals surface area contributed by atoms with Gasteiger partial charge in [0.2, 0.25) is 0 Å². The van der Waals surface area contributed by atoms with Crippen LogP contribution in [0.15, 0.2) is 43.0 Å². The van der Waals surface area contributed by atoms with Crippen molar-refractivity contribution >= 4 is 17.3 Å². The molecular weight excluding hydrogens is 437 g/mol. The summed E-state index contributed by atoms with van der Waals surface area (Å²) in [5, 5.41) is 16.1. The predicted molar refractivity (Wildman–Crippen MR) is 115 cm³/mol. The number of halogens is 3. The summed E-state index contributed by atoms with van der Waals surface area (Å²) in [6.07, 6.45) is 1.95. The molecule has 33 heavy (non-hydrogen) atoms. The van der Waals surface area contributed by atoms with Crippen LogP contribution < -0.4 is 9.80 Å². The smallest absolute Gasteiger partial charge is 0.261 e. The third-order valence-electron chi connectivity index (χ3n) is 5.86. The highest BCUT2D eigenvalue weighted by Crippen LogP contribution is 2.46. The first-order valence-electron chi connectivity index (χ1n) is 10.2. The second kappa shape index (κ2) is 8.07. The van der Waals surface area contributed by atoms with Crippen molar-refractivity contribution < 1.29 is 23.1 Å². The standard InChI is InChI=1S/C22H23F3N6O2/c1-5-20(30-12-26-11-27-30)31-21(32)14-9-17(25)19(28(2)3)10-18(14)29(4)22(31,33)15-7-6-13(23)8-16(15)24/h6-12,20,33H,5H2,1-4H3. The maximum atomic E-state index is 15.0. The van der Waals surface area contributed by atoms with E-state index in [0.717, 1.165) is 23.1 Å². The molecule has 2 heterocycles. The highest BCUT2D eigenvalue weighted by Gasteiger charge is 2.53. The number of anilines is 2. The van der Waals surface area contributed by atoms with Crippen LogP contribution in [0.1, 0.15) is 35.4 Å². The van der Waals surface area contributed by atoms with Crippen molar-refractivity contribution in [2.45, 2.75) is 25.4 Å². The molecular formula is C22H23F3N6O2. The normalized spacial score (nSPS) is 19.0. The molecule has 2 aromatic carbocycles. The Balaban J connectivity index is 2.02. The third-order valence-corrected chi connectivity index (χ3v) is 5.86. The van der Waals surface area contributed by atoms with Crippen LogP contribution in [0.3, 0.4) is 0 Å². The highest BCUT2D eigenvalue weighted by atomic mass is 19.1. The Morgan fingerprint density at radius 1 is 1.15 bits per heavy atom. The van der Waals surface area contributed by atoms with E-state index in [-0.39, 0.29) is 28.9 Å². The van der Waals surface area contributed by atoms with Crippen molar-refractivity contribution in [3.8, 4) is 0 Å². The van der Waals surface area contributed by atoms with Crippen molar-refractivity contribution in [2.75, 3.05) is 30.9 Å². The van der Waals surface area contributed by atoms with Gasteiger partial charge in [-0.25, -0.2) is 22.8 Å². The first kappa shape index (κ1) is 22.6. The van der Waals surface area contributed by atoms with E-state index in [1.807, 2.05) is 0 Å². The number of carbonyl (C=O) groups is 1. The number of aromatic nitrogens is 3. The topological polar surface area (TPSA) is 77.7 Å². The fourth-order valence-electron chi connectivity index (χ4n) is 4.22. The molecule has 1 aliphatic heterocycles. The molecule has 11 heteroatoms. The second-order valence-electron chi connectivity index (χ2n) is 7.97. The number of nitrogens with zero attached hydrogens (tertiary/aromatic N) is 6. The number of amides is 1. The molecule has 1 aliphatic rings. The molecule has 0 saturated heterocycles. The molecule has 0 radical (unpaired) electrons. The van der Waals surface area contributed by atoms with E-state index >= 15 is 4.39 Å². The van der Waals surface area contributed by atoms with Gasteiger partial charge >= 0.3 is 0 Å². The number of hydrogen-bond donors (Lipinski definition) is 1. The molecule has 0 saturated carbocycles. The van der Waals surface area contributed by atoms with Gasteiger partial charge in [-0.15, -0.1) is 0 Å². The molecule has 4 rings (SSSR count). The Morgan fingerprint density at radius 3 is 2.45 bits per heavy atom. The second-order valence-corrected chi connectivity index (χ2v) is 7.97. The molecule has 1 N–H and O–H groups in total. The molecule has 8 nitrogen and oxygen atoms in total. The minimum Gasteiger partial charge on any atom is -0.375 e. The zero-order chi connectivity index (χ0) is 24.1. The zero-order valence-corrected chi connectivity index (χ0v) is 18.5. The van der Waals surface area contributed by atoms with Crippen LogP contribution in [-0.4, -0.2) is 51.8 Å². The van der Waals surface area contributed by atoms with Gasteiger partial charge in [-0.05, 0) is 30.7 Å². The summed E-state index contributed by atoms with van der Waals surface area (Å²) >= 11 is 0. The number of hydrogen-bond acceptors (Lipinski definition) is 6. The molecule has 0 bridgehead atoms. The first-order chi connectivity index (χ1) is 15.6. The van der Waals surface area contributed by atoms with Gasteiger partial charge < -0.3 is 14.9 Å². The molecule has 0 spiro atoms. The number of rotatable bonds is 5. The van der Waals surface area contributed by atoms with Gasteiger partial charge in [0.15, 0.2) is 0 Å². The van der Waals surface area contributed by atoms with Crippen molar-refractivity contribution in [1.29, 1.82) is 0 Å². The summed E-state index contributed by atoms with van der Waals surface area (Å²) < 4.78 is 44.9. The minimum atomic E-state index is -2.39. The number of carbonyl (C=O) groups excluding carboxylic acids is 1. The fourth-order valence-corrected chi connectivity index (χ4v) is 4.22. The van der Waals surface area contributed by atoms with E-state index in [1.165, 1.54) is 40.3 Å². The number of aliphatic hydroxyl groups is 1. The van der Waals surface area contributed by atoms with Crippen LogP contribution in [0, 0.1) is 17.5 Å². The molecule has 1 amide bonds. The highest BCUT2D eigenvalue weighted by molar-refractivity contribution is 6.03. The van der Waals surface area contributed by atoms with Crippen molar-refractivity contribution in [3.05, 3.63) is 71.6 Å². The summed E-state index contributed by atoms with van der Waals surface area (Å²) in [6.45, 7) is 1.74. The maximum absolute atomic E-state index is 15.0. The maximum Gasteiger partial charge on any atom is 0.261 e. The lowest BCUT2D eigenvalue weighted by atomic mass is 9.96. The Morgan fingerprint density at radius 2 is 1.88 bits per heavy atom. The lowest BCUT2D eigenvalue weighted by Crippen LogP contribution is -2.64. The fraction of sp³-hybridized carbons (Fsp3) is 0.318. The van der Waals surface area contributed by atoms with Gasteiger partial charge in [0.25, 0.3) is 11.8 Å². The average Bonchev–Trinajstić information content (AvgIpc) is 3.29. The zero-order valence-electron chi connectivity index (χ0n) is 18.5. The molecule has 2 unspecified atom stereocenters. The third kappa shape index (κ3) is 3.39. The van der Waals surface area contributed by atoms with E-state index in [0.29, 0.717) is 6.07 Å². The van der Waals surface area contributed by atoms with Gasteiger partial charge in [0, 0.05) is 27.2 Å². The van der Waals surface area contributed by atoms with Crippen molar-refractivity contribution in [3.63, 3.8) is 0 Å². The van der Waals surface area contributed by atoms with Crippen LogP contribution in [0.2, 0.25) is 0 Å². The summed E-state index contributed by atoms with van der Waals surface area (Å²) in [5.41, 5.74) is -0.0147. The van der Waals surface area contributed by atoms with Gasteiger partial charge in [-0.2, -0.15) is 5.10 Å². The van der Waals surface area contributed by atoms with E-state index in [1.54, 1.807) is 21.0 Å². The van der Waals surface area contributed by atoms with Crippen molar-refractivity contribution in [2.24, 2.45) is 0 Å². The predicted octanol–water partition coefficient (Wildman–Crippen LogP) is 3.07. The Hall–Kier alpha value is -3.60. The van der Waals surface area contributed by atoms with Crippen LogP contribution in [0.25, 0.3) is 0 Å². The molecule has 3 aromatic rings. The molecule has 174 valence electrons. The minimum absolute atomic E-state index is 0.0219. The molecule has 0 fully saturated rings. The summed E-state index contributed by atoms with van der Waals surface area (Å²) in [7, 11) is 4.71. The molecule has 1 aromatic heterocycles. The quantitative estimate of drug-likeness (QED) is 0.631. The van der Waals surface area contributed by atoms with Crippen LogP contribution in [0.5, 0.6) is 0 Å². The van der Waals surface area contributed by atoms with E-state index < -0.39 is 35.4 Å². The van der Waals surface area contributed by atoms with Crippen LogP contribution >= 0.6 is 0 Å². The van der Waals surface area contributed by atoms with Crippen LogP contribution in [-0.2, 0) is 5.85 Å². The summed E-state index contributed by atoms with van der Waals surface area (Å²) in [6, 6.07) is 5.20. The average molecular weight is 460 g/mol. The van der Waals surface area contributed by atoms with Crippen molar-refractivity contribution in [1.82, 2.24) is 19.7 Å². The Kier molecular flexibility index (Phi) is 5.52. The van der Waals surface area contributed by atoms with Gasteiger partial charge in [0.1, 0.15) is 36.3 Å².